The van der Waals surface area contributed by atoms with Crippen LogP contribution in [0.1, 0.15) is 31.6 Å². The Hall–Kier alpha value is -2.57. The van der Waals surface area contributed by atoms with Gasteiger partial charge in [0.05, 0.1) is 18.8 Å². The molecule has 26 heavy (non-hydrogen) atoms. The molecule has 2 aliphatic heterocycles. The first-order valence-electron chi connectivity index (χ1n) is 9.23. The van der Waals surface area contributed by atoms with Crippen LogP contribution < -0.4 is 9.80 Å². The number of likely N-dealkylation sites (N-methyl/N-ethyl adjacent to an activating group) is 1. The smallest absolute Gasteiger partial charge is 0.241 e. The van der Waals surface area contributed by atoms with Crippen molar-refractivity contribution in [2.45, 2.75) is 25.8 Å². The van der Waals surface area contributed by atoms with Crippen molar-refractivity contribution in [2.75, 3.05) is 43.0 Å². The van der Waals surface area contributed by atoms with Crippen molar-refractivity contribution in [3.63, 3.8) is 0 Å². The van der Waals surface area contributed by atoms with Gasteiger partial charge in [-0.2, -0.15) is 0 Å². The van der Waals surface area contributed by atoms with Crippen LogP contribution in [-0.4, -0.2) is 54.0 Å². The molecule has 0 aromatic carbocycles. The van der Waals surface area contributed by atoms with Gasteiger partial charge in [0.1, 0.15) is 23.7 Å². The topological polar surface area (TPSA) is 65.7 Å². The number of carbonyl (C=O) groups is 1. The number of rotatable bonds is 3. The van der Waals surface area contributed by atoms with Crippen LogP contribution in [-0.2, 0) is 4.79 Å². The summed E-state index contributed by atoms with van der Waals surface area (Å²) in [5.41, 5.74) is 0. The highest BCUT2D eigenvalue weighted by atomic mass is 16.3. The molecule has 2 aromatic heterocycles. The zero-order valence-corrected chi connectivity index (χ0v) is 15.3. The lowest BCUT2D eigenvalue weighted by Crippen LogP contribution is -2.49. The summed E-state index contributed by atoms with van der Waals surface area (Å²) in [6.45, 7) is 5.09. The van der Waals surface area contributed by atoms with E-state index < -0.39 is 0 Å². The molecular weight excluding hydrogens is 330 g/mol. The molecule has 0 N–H and O–H groups in total. The molecule has 7 heteroatoms. The number of hydrogen-bond donors (Lipinski definition) is 0. The van der Waals surface area contributed by atoms with Gasteiger partial charge in [0.15, 0.2) is 0 Å². The van der Waals surface area contributed by atoms with Gasteiger partial charge < -0.3 is 19.1 Å². The third-order valence-corrected chi connectivity index (χ3v) is 5.45. The summed E-state index contributed by atoms with van der Waals surface area (Å²) in [6.07, 6.45) is 5.50. The fourth-order valence-corrected chi connectivity index (χ4v) is 3.79. The average Bonchev–Trinajstić information content (AvgIpc) is 3.19. The fraction of sp³-hybridized carbons (Fsp3) is 0.526. The Morgan fingerprint density at radius 2 is 2.04 bits per heavy atom. The van der Waals surface area contributed by atoms with Crippen molar-refractivity contribution in [2.24, 2.45) is 5.92 Å². The van der Waals surface area contributed by atoms with Gasteiger partial charge in [0.25, 0.3) is 0 Å². The second-order valence-corrected chi connectivity index (χ2v) is 7.33. The predicted molar refractivity (Wildman–Crippen MR) is 99.1 cm³/mol. The molecule has 0 radical (unpaired) electrons. The van der Waals surface area contributed by atoms with Gasteiger partial charge in [-0.05, 0) is 30.9 Å². The van der Waals surface area contributed by atoms with E-state index in [9.17, 15) is 4.79 Å². The van der Waals surface area contributed by atoms with E-state index in [4.69, 9.17) is 4.42 Å². The molecule has 0 saturated carbocycles. The molecule has 4 heterocycles. The van der Waals surface area contributed by atoms with E-state index in [1.807, 2.05) is 30.1 Å². The SMILES string of the molecule is CC1CCN(c2cc(N3CCN(C)C(=O)C3)ncn2)C(c2ccco2)C1. The Balaban J connectivity index is 1.59. The molecule has 138 valence electrons. The molecule has 7 nitrogen and oxygen atoms in total. The van der Waals surface area contributed by atoms with Crippen LogP contribution in [0.4, 0.5) is 11.6 Å². The Kier molecular flexibility index (Phi) is 4.53. The molecule has 0 bridgehead atoms. The summed E-state index contributed by atoms with van der Waals surface area (Å²) in [7, 11) is 1.84. The highest BCUT2D eigenvalue weighted by molar-refractivity contribution is 5.82. The zero-order valence-electron chi connectivity index (χ0n) is 15.3. The lowest BCUT2D eigenvalue weighted by molar-refractivity contribution is -0.129. The van der Waals surface area contributed by atoms with Crippen LogP contribution in [0.25, 0.3) is 0 Å². The number of carbonyl (C=O) groups excluding carboxylic acids is 1. The van der Waals surface area contributed by atoms with Crippen LogP contribution in [0.15, 0.2) is 35.2 Å². The van der Waals surface area contributed by atoms with E-state index in [-0.39, 0.29) is 11.9 Å². The van der Waals surface area contributed by atoms with E-state index in [1.54, 1.807) is 17.5 Å². The standard InChI is InChI=1S/C19H25N5O2/c1-14-5-6-24(15(10-14)16-4-3-9-26-16)18-11-17(20-13-21-18)23-8-7-22(2)19(25)12-23/h3-4,9,11,13-15H,5-8,10,12H2,1-2H3. The van der Waals surface area contributed by atoms with Crippen LogP contribution >= 0.6 is 0 Å². The van der Waals surface area contributed by atoms with Crippen molar-refractivity contribution >= 4 is 17.5 Å². The number of anilines is 2. The minimum atomic E-state index is 0.122. The molecular formula is C19H25N5O2. The Labute approximate surface area is 153 Å². The molecule has 0 spiro atoms. The number of nitrogens with zero attached hydrogens (tertiary/aromatic N) is 5. The minimum Gasteiger partial charge on any atom is -0.467 e. The van der Waals surface area contributed by atoms with E-state index in [1.165, 1.54) is 0 Å². The van der Waals surface area contributed by atoms with Crippen molar-refractivity contribution in [1.29, 1.82) is 0 Å². The van der Waals surface area contributed by atoms with Crippen molar-refractivity contribution in [3.05, 3.63) is 36.5 Å². The number of piperazine rings is 1. The summed E-state index contributed by atoms with van der Waals surface area (Å²) in [5, 5.41) is 0. The lowest BCUT2D eigenvalue weighted by atomic mass is 9.91. The summed E-state index contributed by atoms with van der Waals surface area (Å²) >= 11 is 0. The third-order valence-electron chi connectivity index (χ3n) is 5.45. The third kappa shape index (κ3) is 3.25. The van der Waals surface area contributed by atoms with Crippen LogP contribution in [0.2, 0.25) is 0 Å². The Bertz CT molecular complexity index is 763. The lowest BCUT2D eigenvalue weighted by Gasteiger charge is -2.39. The quantitative estimate of drug-likeness (QED) is 0.842. The predicted octanol–water partition coefficient (Wildman–Crippen LogP) is 2.33. The van der Waals surface area contributed by atoms with Gasteiger partial charge in [0.2, 0.25) is 5.91 Å². The molecule has 2 saturated heterocycles. The maximum atomic E-state index is 12.0. The highest BCUT2D eigenvalue weighted by Gasteiger charge is 2.31. The molecule has 4 rings (SSSR count). The molecule has 2 aliphatic rings. The Morgan fingerprint density at radius 1 is 1.19 bits per heavy atom. The van der Waals surface area contributed by atoms with Crippen LogP contribution in [0.3, 0.4) is 0 Å². The van der Waals surface area contributed by atoms with Gasteiger partial charge in [-0.1, -0.05) is 6.92 Å². The molecule has 2 aromatic rings. The zero-order chi connectivity index (χ0) is 18.1. The maximum Gasteiger partial charge on any atom is 0.241 e. The average molecular weight is 355 g/mol. The largest absolute Gasteiger partial charge is 0.467 e. The van der Waals surface area contributed by atoms with Gasteiger partial charge in [-0.3, -0.25) is 4.79 Å². The van der Waals surface area contributed by atoms with Crippen LogP contribution in [0, 0.1) is 5.92 Å². The van der Waals surface area contributed by atoms with Crippen molar-refractivity contribution in [1.82, 2.24) is 14.9 Å². The fourth-order valence-electron chi connectivity index (χ4n) is 3.79. The number of furan rings is 1. The molecule has 1 amide bonds. The second kappa shape index (κ2) is 6.97. The van der Waals surface area contributed by atoms with Gasteiger partial charge >= 0.3 is 0 Å². The van der Waals surface area contributed by atoms with Crippen LogP contribution in [0.5, 0.6) is 0 Å². The van der Waals surface area contributed by atoms with Crippen molar-refractivity contribution < 1.29 is 9.21 Å². The molecule has 0 aliphatic carbocycles. The molecule has 2 atom stereocenters. The normalized spacial score (nSPS) is 24.2. The van der Waals surface area contributed by atoms with E-state index >= 15 is 0 Å². The first kappa shape index (κ1) is 16.9. The van der Waals surface area contributed by atoms with Gasteiger partial charge in [-0.15, -0.1) is 0 Å². The molecule has 2 unspecified atom stereocenters. The summed E-state index contributed by atoms with van der Waals surface area (Å²) in [5.74, 6) is 3.46. The monoisotopic (exact) mass is 355 g/mol. The number of amides is 1. The first-order chi connectivity index (χ1) is 12.6. The van der Waals surface area contributed by atoms with Crippen molar-refractivity contribution in [3.8, 4) is 0 Å². The highest BCUT2D eigenvalue weighted by Crippen LogP contribution is 2.37. The van der Waals surface area contributed by atoms with Gasteiger partial charge in [-0.25, -0.2) is 9.97 Å². The maximum absolute atomic E-state index is 12.0. The van der Waals surface area contributed by atoms with E-state index in [0.717, 1.165) is 43.3 Å². The second-order valence-electron chi connectivity index (χ2n) is 7.33. The number of hydrogen-bond acceptors (Lipinski definition) is 6. The van der Waals surface area contributed by atoms with E-state index in [0.29, 0.717) is 19.0 Å². The number of aromatic nitrogens is 2. The van der Waals surface area contributed by atoms with Gasteiger partial charge in [0, 0.05) is 32.7 Å². The summed E-state index contributed by atoms with van der Waals surface area (Å²) in [6, 6.07) is 6.17. The minimum absolute atomic E-state index is 0.122. The number of piperidine rings is 1. The summed E-state index contributed by atoms with van der Waals surface area (Å²) < 4.78 is 5.70. The first-order valence-corrected chi connectivity index (χ1v) is 9.23. The molecule has 2 fully saturated rings. The summed E-state index contributed by atoms with van der Waals surface area (Å²) in [4.78, 5) is 27.1. The Morgan fingerprint density at radius 3 is 2.81 bits per heavy atom. The van der Waals surface area contributed by atoms with E-state index in [2.05, 4.69) is 21.8 Å².